The lowest BCUT2D eigenvalue weighted by atomic mass is 9.96. The Hall–Kier alpha value is -5.12. The Morgan fingerprint density at radius 3 is 2.36 bits per heavy atom. The lowest BCUT2D eigenvalue weighted by Crippen LogP contribution is -2.60. The highest BCUT2D eigenvalue weighted by Gasteiger charge is 2.47. The molecule has 3 aromatic carbocycles. The third-order valence-electron chi connectivity index (χ3n) is 11.7. The van der Waals surface area contributed by atoms with E-state index >= 15 is 0 Å². The Bertz CT molecular complexity index is 2210. The molecule has 0 radical (unpaired) electrons. The third-order valence-corrected chi connectivity index (χ3v) is 17.7. The number of amides is 2. The van der Waals surface area contributed by atoms with Gasteiger partial charge in [0.25, 0.3) is 14.2 Å². The fraction of sp³-hybridized carbons (Fsp3) is 0.489. The number of aromatic nitrogens is 1. The summed E-state index contributed by atoms with van der Waals surface area (Å²) in [5.41, 5.74) is 9.29. The van der Waals surface area contributed by atoms with Crippen molar-refractivity contribution in [2.45, 2.75) is 129 Å². The second-order valence-electron chi connectivity index (χ2n) is 18.3. The Morgan fingerprint density at radius 1 is 0.966 bits per heavy atom. The Balaban J connectivity index is 1.56. The largest absolute Gasteiger partial charge is 0.543 e. The summed E-state index contributed by atoms with van der Waals surface area (Å²) in [6.45, 7) is 22.0. The number of fused-ring (bicyclic) bond motifs is 6. The van der Waals surface area contributed by atoms with E-state index < -0.39 is 38.1 Å². The van der Waals surface area contributed by atoms with Crippen molar-refractivity contribution in [3.05, 3.63) is 78.0 Å². The molecule has 6 rings (SSSR count). The van der Waals surface area contributed by atoms with Gasteiger partial charge < -0.3 is 23.8 Å². The Kier molecular flexibility index (Phi) is 13.0. The quantitative estimate of drug-likeness (QED) is 0.139. The summed E-state index contributed by atoms with van der Waals surface area (Å²) in [6, 6.07) is 20.8. The molecular formula is C47H61N5O6Si. The average Bonchev–Trinajstić information content (AvgIpc) is 3.53. The van der Waals surface area contributed by atoms with E-state index in [1.165, 1.54) is 5.01 Å². The number of nitrogens with zero attached hydrogens (tertiary/aromatic N) is 3. The molecule has 1 saturated heterocycles. The molecule has 0 unspecified atom stereocenters. The zero-order valence-electron chi connectivity index (χ0n) is 36.3. The van der Waals surface area contributed by atoms with E-state index in [0.29, 0.717) is 48.1 Å². The molecule has 3 heterocycles. The van der Waals surface area contributed by atoms with Crippen molar-refractivity contribution in [1.29, 1.82) is 5.26 Å². The van der Waals surface area contributed by atoms with E-state index in [4.69, 9.17) is 13.9 Å². The van der Waals surface area contributed by atoms with Gasteiger partial charge >= 0.3 is 12.1 Å². The van der Waals surface area contributed by atoms with Crippen LogP contribution in [0.3, 0.4) is 0 Å². The van der Waals surface area contributed by atoms with Crippen molar-refractivity contribution in [3.8, 4) is 34.1 Å². The van der Waals surface area contributed by atoms with E-state index in [1.54, 1.807) is 20.8 Å². The normalized spacial score (nSPS) is 19.4. The van der Waals surface area contributed by atoms with E-state index in [0.717, 1.165) is 44.5 Å². The van der Waals surface area contributed by atoms with Crippen molar-refractivity contribution in [2.24, 2.45) is 5.92 Å². The van der Waals surface area contributed by atoms with E-state index in [-0.39, 0.29) is 24.9 Å². The molecule has 0 aliphatic carbocycles. The van der Waals surface area contributed by atoms with Gasteiger partial charge in [-0.1, -0.05) is 84.9 Å². The number of rotatable bonds is 7. The van der Waals surface area contributed by atoms with Gasteiger partial charge in [0.15, 0.2) is 0 Å². The molecule has 12 heteroatoms. The first-order chi connectivity index (χ1) is 27.9. The molecule has 1 aromatic heterocycles. The molecule has 1 fully saturated rings. The van der Waals surface area contributed by atoms with E-state index in [9.17, 15) is 19.6 Å². The minimum atomic E-state index is -2.43. The van der Waals surface area contributed by atoms with Crippen molar-refractivity contribution in [2.75, 3.05) is 13.2 Å². The molecule has 2 N–H and O–H groups in total. The molecular weight excluding hydrogens is 759 g/mol. The van der Waals surface area contributed by atoms with Crippen LogP contribution in [0, 0.1) is 17.2 Å². The van der Waals surface area contributed by atoms with Crippen LogP contribution in [0.1, 0.15) is 93.2 Å². The fourth-order valence-corrected chi connectivity index (χ4v) is 14.4. The molecule has 11 nitrogen and oxygen atoms in total. The maximum atomic E-state index is 14.5. The molecule has 2 aliphatic rings. The monoisotopic (exact) mass is 819 g/mol. The fourth-order valence-electron chi connectivity index (χ4n) is 9.12. The number of alkyl carbamates (subject to hydrolysis) is 1. The van der Waals surface area contributed by atoms with Gasteiger partial charge in [-0.05, 0) is 91.2 Å². The minimum Gasteiger partial charge on any atom is -0.543 e. The summed E-state index contributed by atoms with van der Waals surface area (Å²) in [7, 11) is -2.43. The van der Waals surface area contributed by atoms with Crippen LogP contribution in [0.25, 0.3) is 33.2 Å². The SMILES string of the molecule is CC(C)[Si](Oc1cc2cc(c1)-c1ccc3c(-c4ccccc4C#N)cn(c3c1)C[C@H](C)COC(=O)[C@@H]1CCCN(N1)C(=O)[C@@H](NC(=O)OC(C)(C)C)C2)(C(C)C)C(C)C. The van der Waals surface area contributed by atoms with Crippen molar-refractivity contribution in [3.63, 3.8) is 0 Å². The smallest absolute Gasteiger partial charge is 0.408 e. The summed E-state index contributed by atoms with van der Waals surface area (Å²) in [6.07, 6.45) is 2.61. The number of carbonyl (C=O) groups is 3. The highest BCUT2D eigenvalue weighted by Crippen LogP contribution is 2.44. The number of ether oxygens (including phenoxy) is 2. The van der Waals surface area contributed by atoms with Crippen molar-refractivity contribution < 1.29 is 28.3 Å². The summed E-state index contributed by atoms with van der Waals surface area (Å²) in [5.74, 6) is -0.150. The third kappa shape index (κ3) is 9.52. The summed E-state index contributed by atoms with van der Waals surface area (Å²) < 4.78 is 21.1. The maximum Gasteiger partial charge on any atom is 0.408 e. The topological polar surface area (TPSA) is 135 Å². The second kappa shape index (κ2) is 17.6. The lowest BCUT2D eigenvalue weighted by molar-refractivity contribution is -0.153. The van der Waals surface area contributed by atoms with Gasteiger partial charge in [0.1, 0.15) is 23.4 Å². The molecule has 2 amide bonds. The lowest BCUT2D eigenvalue weighted by Gasteiger charge is -2.42. The molecule has 6 bridgehead atoms. The number of nitriles is 1. The number of hydrazine groups is 1. The molecule has 0 saturated carbocycles. The minimum absolute atomic E-state index is 0.0654. The molecule has 4 aromatic rings. The van der Waals surface area contributed by atoms with Crippen LogP contribution in [0.5, 0.6) is 5.75 Å². The zero-order valence-corrected chi connectivity index (χ0v) is 37.3. The van der Waals surface area contributed by atoms with Crippen LogP contribution in [0.15, 0.2) is 66.9 Å². The number of esters is 1. The van der Waals surface area contributed by atoms with Crippen LogP contribution in [0.4, 0.5) is 4.79 Å². The van der Waals surface area contributed by atoms with Gasteiger partial charge in [0, 0.05) is 53.7 Å². The van der Waals surface area contributed by atoms with Crippen LogP contribution >= 0.6 is 0 Å². The van der Waals surface area contributed by atoms with Gasteiger partial charge in [-0.3, -0.25) is 14.6 Å². The van der Waals surface area contributed by atoms with Crippen molar-refractivity contribution >= 4 is 37.2 Å². The average molecular weight is 820 g/mol. The highest BCUT2D eigenvalue weighted by atomic mass is 28.4. The van der Waals surface area contributed by atoms with E-state index in [2.05, 4.69) is 99.5 Å². The molecule has 314 valence electrons. The van der Waals surface area contributed by atoms with Gasteiger partial charge in [-0.15, -0.1) is 0 Å². The molecule has 0 spiro atoms. The van der Waals surface area contributed by atoms with Gasteiger partial charge in [0.2, 0.25) is 0 Å². The number of hydrogen-bond donors (Lipinski definition) is 2. The number of hydrogen-bond acceptors (Lipinski definition) is 8. The van der Waals surface area contributed by atoms with Crippen LogP contribution in [0.2, 0.25) is 16.6 Å². The number of cyclic esters (lactones) is 1. The second-order valence-corrected chi connectivity index (χ2v) is 23.7. The first-order valence-corrected chi connectivity index (χ1v) is 23.2. The van der Waals surface area contributed by atoms with Gasteiger partial charge in [0.05, 0.1) is 18.2 Å². The number of nitrogens with one attached hydrogen (secondary N) is 2. The maximum absolute atomic E-state index is 14.5. The van der Waals surface area contributed by atoms with Crippen LogP contribution in [-0.2, 0) is 32.0 Å². The van der Waals surface area contributed by atoms with E-state index in [1.807, 2.05) is 37.3 Å². The van der Waals surface area contributed by atoms with Crippen LogP contribution < -0.4 is 15.2 Å². The zero-order chi connectivity index (χ0) is 42.8. The summed E-state index contributed by atoms with van der Waals surface area (Å²) in [4.78, 5) is 41.4. The van der Waals surface area contributed by atoms with Crippen LogP contribution in [-0.4, -0.2) is 66.7 Å². The summed E-state index contributed by atoms with van der Waals surface area (Å²) >= 11 is 0. The highest BCUT2D eigenvalue weighted by molar-refractivity contribution is 6.78. The number of carbonyl (C=O) groups excluding carboxylic acids is 3. The Morgan fingerprint density at radius 2 is 1.68 bits per heavy atom. The number of benzene rings is 3. The van der Waals surface area contributed by atoms with Gasteiger partial charge in [-0.25, -0.2) is 10.2 Å². The van der Waals surface area contributed by atoms with Crippen molar-refractivity contribution in [1.82, 2.24) is 20.3 Å². The predicted molar refractivity (Wildman–Crippen MR) is 234 cm³/mol. The molecule has 59 heavy (non-hydrogen) atoms. The van der Waals surface area contributed by atoms with Gasteiger partial charge in [-0.2, -0.15) is 5.26 Å². The standard InChI is InChI=1S/C47H61N5O6Si/c1-29(2)59(30(3)4,31(5)6)58-37-21-33-20-36(23-37)34-17-18-39-40(38-15-12-11-14-35(38)25-48)27-51(43(39)24-34)26-32(7)28-56-45(54)41-16-13-19-52(50-41)44(53)42(22-33)49-46(55)57-47(8,9)10/h11-12,14-15,17-18,20-21,23-24,27,29-32,41-42,50H,13,16,19,22,26,28H2,1-10H3,(H,49,55)/t32-,41-,42-/m0/s1. The Labute approximate surface area is 350 Å². The predicted octanol–water partition coefficient (Wildman–Crippen LogP) is 9.53. The molecule has 3 atom stereocenters. The first-order valence-electron chi connectivity index (χ1n) is 21.1. The molecule has 2 aliphatic heterocycles. The first kappa shape index (κ1) is 43.5. The summed E-state index contributed by atoms with van der Waals surface area (Å²) in [5, 5.41) is 15.4.